The number of para-hydroxylation sites is 1. The van der Waals surface area contributed by atoms with Crippen molar-refractivity contribution in [2.24, 2.45) is 0 Å². The fourth-order valence-corrected chi connectivity index (χ4v) is 3.31. The van der Waals surface area contributed by atoms with Gasteiger partial charge in [0.15, 0.2) is 12.6 Å². The van der Waals surface area contributed by atoms with Gasteiger partial charge in [-0.1, -0.05) is 12.1 Å². The van der Waals surface area contributed by atoms with Gasteiger partial charge in [-0.05, 0) is 26.0 Å². The molecule has 1 aliphatic heterocycles. The average molecular weight is 388 g/mol. The molecule has 1 fully saturated rings. The van der Waals surface area contributed by atoms with Gasteiger partial charge in [0.1, 0.15) is 26.2 Å². The molecule has 0 spiro atoms. The number of piperazine rings is 1. The third-order valence-corrected chi connectivity index (χ3v) is 4.87. The van der Waals surface area contributed by atoms with Gasteiger partial charge in [-0.25, -0.2) is 0 Å². The van der Waals surface area contributed by atoms with Gasteiger partial charge in [-0.15, -0.1) is 0 Å². The van der Waals surface area contributed by atoms with E-state index in [1.807, 2.05) is 13.8 Å². The number of carbonyl (C=O) groups is 2. The Kier molecular flexibility index (Phi) is 7.20. The van der Waals surface area contributed by atoms with Crippen molar-refractivity contribution in [3.63, 3.8) is 0 Å². The molecule has 1 aromatic carbocycles. The first-order chi connectivity index (χ1) is 12.7. The molecule has 0 radical (unpaired) electrons. The molecular weight excluding hydrogens is 361 g/mol. The van der Waals surface area contributed by atoms with Gasteiger partial charge >= 0.3 is 6.18 Å². The minimum absolute atomic E-state index is 0.0115. The van der Waals surface area contributed by atoms with Crippen LogP contribution in [0.25, 0.3) is 0 Å². The normalized spacial score (nSPS) is 21.4. The first kappa shape index (κ1) is 21.2. The molecule has 1 heterocycles. The number of amides is 2. The smallest absolute Gasteiger partial charge is 0.351 e. The van der Waals surface area contributed by atoms with E-state index >= 15 is 0 Å². The van der Waals surface area contributed by atoms with Crippen LogP contribution in [-0.4, -0.2) is 57.1 Å². The first-order valence-electron chi connectivity index (χ1n) is 9.14. The molecule has 0 bridgehead atoms. The van der Waals surface area contributed by atoms with Gasteiger partial charge in [0, 0.05) is 6.54 Å². The number of carbonyl (C=O) groups excluding carboxylic acids is 2. The molecule has 1 aliphatic rings. The summed E-state index contributed by atoms with van der Waals surface area (Å²) in [4.78, 5) is 26.3. The lowest BCUT2D eigenvalue weighted by Crippen LogP contribution is -3.30. The number of quaternary nitrogens is 2. The van der Waals surface area contributed by atoms with E-state index in [9.17, 15) is 22.8 Å². The summed E-state index contributed by atoms with van der Waals surface area (Å²) in [6, 6.07) is 4.81. The van der Waals surface area contributed by atoms with Crippen LogP contribution in [0.5, 0.6) is 0 Å². The van der Waals surface area contributed by atoms with E-state index < -0.39 is 17.6 Å². The zero-order chi connectivity index (χ0) is 20.0. The van der Waals surface area contributed by atoms with Crippen LogP contribution in [0.1, 0.15) is 19.4 Å². The zero-order valence-electron chi connectivity index (χ0n) is 15.6. The topological polar surface area (TPSA) is 67.1 Å². The highest BCUT2D eigenvalue weighted by atomic mass is 19.4. The lowest BCUT2D eigenvalue weighted by Gasteiger charge is -2.32. The highest BCUT2D eigenvalue weighted by Gasteiger charge is 2.34. The number of nitrogens with one attached hydrogen (secondary N) is 4. The summed E-state index contributed by atoms with van der Waals surface area (Å²) in [5.41, 5.74) is -1.07. The standard InChI is InChI=1S/C18H25F3N4O2/c1-3-22-17(27)13(2)25-10-8-24(9-11-25)12-16(26)23-15-7-5-4-6-14(15)18(19,20)21/h4-7,13H,3,8-12H2,1-2H3,(H,22,27)(H,23,26)/p+2/t13-/m0/s1. The van der Waals surface area contributed by atoms with E-state index in [4.69, 9.17) is 0 Å². The number of anilines is 1. The monoisotopic (exact) mass is 388 g/mol. The van der Waals surface area contributed by atoms with Crippen molar-refractivity contribution >= 4 is 17.5 Å². The van der Waals surface area contributed by atoms with Crippen molar-refractivity contribution in [1.82, 2.24) is 5.32 Å². The summed E-state index contributed by atoms with van der Waals surface area (Å²) in [5, 5.41) is 5.19. The zero-order valence-corrected chi connectivity index (χ0v) is 15.6. The number of benzene rings is 1. The van der Waals surface area contributed by atoms with E-state index in [0.29, 0.717) is 19.6 Å². The molecular formula is C18H27F3N4O2+2. The number of rotatable bonds is 6. The number of likely N-dealkylation sites (N-methyl/N-ethyl adjacent to an activating group) is 1. The molecule has 0 saturated carbocycles. The van der Waals surface area contributed by atoms with Crippen LogP contribution in [0, 0.1) is 0 Å². The Balaban J connectivity index is 1.86. The summed E-state index contributed by atoms with van der Waals surface area (Å²) in [7, 11) is 0. The molecule has 9 heteroatoms. The Morgan fingerprint density at radius 2 is 1.78 bits per heavy atom. The molecule has 0 unspecified atom stereocenters. The molecule has 1 saturated heterocycles. The molecule has 0 aliphatic carbocycles. The Morgan fingerprint density at radius 1 is 1.15 bits per heavy atom. The minimum Gasteiger partial charge on any atom is -0.351 e. The van der Waals surface area contributed by atoms with Crippen molar-refractivity contribution in [3.05, 3.63) is 29.8 Å². The van der Waals surface area contributed by atoms with Crippen LogP contribution >= 0.6 is 0 Å². The minimum atomic E-state index is -4.51. The number of hydrogen-bond acceptors (Lipinski definition) is 2. The van der Waals surface area contributed by atoms with Crippen molar-refractivity contribution in [2.75, 3.05) is 44.6 Å². The van der Waals surface area contributed by atoms with Gasteiger partial charge in [-0.2, -0.15) is 13.2 Å². The van der Waals surface area contributed by atoms with Gasteiger partial charge in [-0.3, -0.25) is 9.59 Å². The lowest BCUT2D eigenvalue weighted by atomic mass is 10.1. The summed E-state index contributed by atoms with van der Waals surface area (Å²) >= 11 is 0. The predicted octanol–water partition coefficient (Wildman–Crippen LogP) is -1.05. The summed E-state index contributed by atoms with van der Waals surface area (Å²) in [6.45, 7) is 7.30. The maximum absolute atomic E-state index is 13.0. The molecule has 6 nitrogen and oxygen atoms in total. The fourth-order valence-electron chi connectivity index (χ4n) is 3.31. The molecule has 0 aromatic heterocycles. The largest absolute Gasteiger partial charge is 0.418 e. The first-order valence-corrected chi connectivity index (χ1v) is 9.14. The predicted molar refractivity (Wildman–Crippen MR) is 94.5 cm³/mol. The van der Waals surface area contributed by atoms with E-state index in [0.717, 1.165) is 29.0 Å². The van der Waals surface area contributed by atoms with Crippen molar-refractivity contribution in [1.29, 1.82) is 0 Å². The second-order valence-electron chi connectivity index (χ2n) is 6.79. The van der Waals surface area contributed by atoms with E-state index in [2.05, 4.69) is 10.6 Å². The Bertz CT molecular complexity index is 658. The molecule has 4 N–H and O–H groups in total. The Morgan fingerprint density at radius 3 is 2.37 bits per heavy atom. The maximum atomic E-state index is 13.0. The lowest BCUT2D eigenvalue weighted by molar-refractivity contribution is -1.01. The Labute approximate surface area is 156 Å². The van der Waals surface area contributed by atoms with Gasteiger partial charge in [0.2, 0.25) is 0 Å². The summed E-state index contributed by atoms with van der Waals surface area (Å²) in [5.74, 6) is -0.431. The maximum Gasteiger partial charge on any atom is 0.418 e. The Hall–Kier alpha value is -2.13. The highest BCUT2D eigenvalue weighted by molar-refractivity contribution is 5.92. The van der Waals surface area contributed by atoms with E-state index in [1.165, 1.54) is 18.2 Å². The summed E-state index contributed by atoms with van der Waals surface area (Å²) < 4.78 is 39.0. The molecule has 150 valence electrons. The molecule has 2 amide bonds. The molecule has 2 rings (SSSR count). The van der Waals surface area contributed by atoms with Crippen molar-refractivity contribution in [3.8, 4) is 0 Å². The molecule has 27 heavy (non-hydrogen) atoms. The van der Waals surface area contributed by atoms with Crippen LogP contribution < -0.4 is 20.4 Å². The third kappa shape index (κ3) is 5.93. The van der Waals surface area contributed by atoms with Crippen LogP contribution in [0.15, 0.2) is 24.3 Å². The number of halogens is 3. The molecule has 1 atom stereocenters. The van der Waals surface area contributed by atoms with E-state index in [-0.39, 0.29) is 24.2 Å². The van der Waals surface area contributed by atoms with Crippen molar-refractivity contribution in [2.45, 2.75) is 26.1 Å². The van der Waals surface area contributed by atoms with Gasteiger partial charge in [0.05, 0.1) is 11.3 Å². The summed E-state index contributed by atoms with van der Waals surface area (Å²) in [6.07, 6.45) is -4.51. The van der Waals surface area contributed by atoms with Crippen molar-refractivity contribution < 1.29 is 32.6 Å². The van der Waals surface area contributed by atoms with Gasteiger partial charge < -0.3 is 20.4 Å². The second-order valence-corrected chi connectivity index (χ2v) is 6.79. The highest BCUT2D eigenvalue weighted by Crippen LogP contribution is 2.34. The van der Waals surface area contributed by atoms with Crippen LogP contribution in [-0.2, 0) is 15.8 Å². The number of hydrogen-bond donors (Lipinski definition) is 4. The van der Waals surface area contributed by atoms with Gasteiger partial charge in [0.25, 0.3) is 11.8 Å². The van der Waals surface area contributed by atoms with Crippen LogP contribution in [0.2, 0.25) is 0 Å². The fraction of sp³-hybridized carbons (Fsp3) is 0.556. The van der Waals surface area contributed by atoms with Crippen LogP contribution in [0.4, 0.5) is 18.9 Å². The third-order valence-electron chi connectivity index (χ3n) is 4.87. The average Bonchev–Trinajstić information content (AvgIpc) is 2.61. The quantitative estimate of drug-likeness (QED) is 0.503. The van der Waals surface area contributed by atoms with Crippen LogP contribution in [0.3, 0.4) is 0 Å². The molecule has 1 aromatic rings. The second kappa shape index (κ2) is 9.18. The SMILES string of the molecule is CCNC(=O)[C@H](C)[NH+]1CC[NH+](CC(=O)Nc2ccccc2C(F)(F)F)CC1. The number of alkyl halides is 3. The van der Waals surface area contributed by atoms with E-state index in [1.54, 1.807) is 0 Å².